The van der Waals surface area contributed by atoms with Gasteiger partial charge in [0.25, 0.3) is 0 Å². The second-order valence-electron chi connectivity index (χ2n) is 7.01. The Kier molecular flexibility index (Phi) is 7.89. The highest BCUT2D eigenvalue weighted by atomic mass is 32.2. The third-order valence-electron chi connectivity index (χ3n) is 5.14. The molecule has 0 saturated carbocycles. The molecule has 0 amide bonds. The quantitative estimate of drug-likeness (QED) is 0.376. The van der Waals surface area contributed by atoms with Crippen molar-refractivity contribution in [2.75, 3.05) is 18.0 Å². The summed E-state index contributed by atoms with van der Waals surface area (Å²) < 4.78 is 50.5. The zero-order valence-corrected chi connectivity index (χ0v) is 19.8. The molecule has 10 heteroatoms. The maximum absolute atomic E-state index is 12.7. The van der Waals surface area contributed by atoms with Gasteiger partial charge in [-0.1, -0.05) is 23.9 Å². The summed E-state index contributed by atoms with van der Waals surface area (Å²) in [4.78, 5) is 1.89. The summed E-state index contributed by atoms with van der Waals surface area (Å²) in [5.41, 5.74) is 2.94. The number of sulfone groups is 1. The van der Waals surface area contributed by atoms with E-state index < -0.39 is 15.6 Å². The molecule has 2 aromatic carbocycles. The predicted molar refractivity (Wildman–Crippen MR) is 124 cm³/mol. The monoisotopic (exact) mass is 480 g/mol. The van der Waals surface area contributed by atoms with Crippen molar-refractivity contribution >= 4 is 27.3 Å². The van der Waals surface area contributed by atoms with Crippen molar-refractivity contribution in [1.29, 1.82) is 0 Å². The van der Waals surface area contributed by atoms with Crippen LogP contribution in [0, 0.1) is 0 Å². The zero-order chi connectivity index (χ0) is 23.3. The van der Waals surface area contributed by atoms with Gasteiger partial charge in [-0.3, -0.25) is 0 Å². The Balaban J connectivity index is 1.74. The van der Waals surface area contributed by atoms with E-state index in [1.807, 2.05) is 23.6 Å². The minimum absolute atomic E-state index is 0.381. The summed E-state index contributed by atoms with van der Waals surface area (Å²) in [6.07, 6.45) is 0. The van der Waals surface area contributed by atoms with Crippen molar-refractivity contribution in [2.24, 2.45) is 0 Å². The number of benzene rings is 2. The molecular formula is C22H26F2N4O2S2. The SMILES string of the molecule is CCN(CC)c1ccc(-c2nnc(SCc3ccc(S(=O)(=O)C(F)F)cc3)n2CC)cc1. The lowest BCUT2D eigenvalue weighted by atomic mass is 10.2. The first-order valence-electron chi connectivity index (χ1n) is 10.3. The lowest BCUT2D eigenvalue weighted by molar-refractivity contribution is 0.234. The second kappa shape index (κ2) is 10.4. The Labute approximate surface area is 191 Å². The molecule has 0 fully saturated rings. The smallest absolute Gasteiger partial charge is 0.341 e. The Morgan fingerprint density at radius 3 is 2.12 bits per heavy atom. The summed E-state index contributed by atoms with van der Waals surface area (Å²) >= 11 is 1.46. The standard InChI is InChI=1S/C22H26F2N4O2S2/c1-4-27(5-2)18-11-9-17(10-12-18)20-25-26-22(28(20)6-3)31-15-16-7-13-19(14-8-16)32(29,30)21(23)24/h7-14,21H,4-6,15H2,1-3H3. The lowest BCUT2D eigenvalue weighted by Crippen LogP contribution is -2.21. The number of aromatic nitrogens is 3. The molecule has 3 aromatic rings. The number of hydrogen-bond donors (Lipinski definition) is 0. The highest BCUT2D eigenvalue weighted by molar-refractivity contribution is 7.98. The van der Waals surface area contributed by atoms with E-state index in [9.17, 15) is 17.2 Å². The van der Waals surface area contributed by atoms with Gasteiger partial charge in [-0.05, 0) is 62.7 Å². The molecule has 0 aliphatic rings. The fraction of sp³-hybridized carbons (Fsp3) is 0.364. The minimum atomic E-state index is -4.58. The molecule has 0 aliphatic carbocycles. The maximum Gasteiger partial charge on any atom is 0.341 e. The summed E-state index contributed by atoms with van der Waals surface area (Å²) in [5.74, 6) is -2.14. The molecule has 1 aromatic heterocycles. The molecule has 32 heavy (non-hydrogen) atoms. The summed E-state index contributed by atoms with van der Waals surface area (Å²) in [6.45, 7) is 8.84. The summed E-state index contributed by atoms with van der Waals surface area (Å²) in [5, 5.41) is 9.42. The molecule has 0 radical (unpaired) electrons. The molecule has 0 atom stereocenters. The van der Waals surface area contributed by atoms with E-state index >= 15 is 0 Å². The number of rotatable bonds is 10. The highest BCUT2D eigenvalue weighted by Crippen LogP contribution is 2.28. The van der Waals surface area contributed by atoms with Crippen molar-refractivity contribution in [1.82, 2.24) is 14.8 Å². The van der Waals surface area contributed by atoms with Crippen LogP contribution in [0.4, 0.5) is 14.5 Å². The van der Waals surface area contributed by atoms with Gasteiger partial charge in [0.15, 0.2) is 11.0 Å². The van der Waals surface area contributed by atoms with Crippen LogP contribution >= 0.6 is 11.8 Å². The van der Waals surface area contributed by atoms with Crippen LogP contribution in [0.2, 0.25) is 0 Å². The maximum atomic E-state index is 12.7. The average Bonchev–Trinajstić information content (AvgIpc) is 3.22. The van der Waals surface area contributed by atoms with Crippen LogP contribution in [0.1, 0.15) is 26.3 Å². The first-order chi connectivity index (χ1) is 15.3. The number of halogens is 2. The third kappa shape index (κ3) is 5.12. The first kappa shape index (κ1) is 24.2. The van der Waals surface area contributed by atoms with Crippen LogP contribution in [0.5, 0.6) is 0 Å². The Morgan fingerprint density at radius 1 is 0.969 bits per heavy atom. The van der Waals surface area contributed by atoms with E-state index in [4.69, 9.17) is 0 Å². The number of nitrogens with zero attached hydrogens (tertiary/aromatic N) is 4. The minimum Gasteiger partial charge on any atom is -0.372 e. The molecule has 0 aliphatic heterocycles. The van der Waals surface area contributed by atoms with Crippen molar-refractivity contribution in [3.05, 3.63) is 54.1 Å². The second-order valence-corrected chi connectivity index (χ2v) is 9.87. The first-order valence-corrected chi connectivity index (χ1v) is 12.9. The molecule has 0 spiro atoms. The number of thioether (sulfide) groups is 1. The molecule has 3 rings (SSSR count). The molecule has 6 nitrogen and oxygen atoms in total. The van der Waals surface area contributed by atoms with E-state index in [1.54, 1.807) is 12.1 Å². The number of anilines is 1. The molecule has 0 saturated heterocycles. The number of hydrogen-bond acceptors (Lipinski definition) is 6. The Morgan fingerprint density at radius 2 is 1.59 bits per heavy atom. The van der Waals surface area contributed by atoms with Crippen LogP contribution < -0.4 is 4.90 Å². The van der Waals surface area contributed by atoms with Crippen LogP contribution in [-0.2, 0) is 22.1 Å². The lowest BCUT2D eigenvalue weighted by Gasteiger charge is -2.21. The fourth-order valence-corrected chi connectivity index (χ4v) is 5.01. The number of alkyl halides is 2. The van der Waals surface area contributed by atoms with Gasteiger partial charge >= 0.3 is 5.76 Å². The van der Waals surface area contributed by atoms with Gasteiger partial charge < -0.3 is 9.47 Å². The van der Waals surface area contributed by atoms with Crippen LogP contribution in [0.15, 0.2) is 58.6 Å². The van der Waals surface area contributed by atoms with Crippen molar-refractivity contribution < 1.29 is 17.2 Å². The largest absolute Gasteiger partial charge is 0.372 e. The van der Waals surface area contributed by atoms with E-state index in [0.717, 1.165) is 40.9 Å². The molecule has 0 unspecified atom stereocenters. The van der Waals surface area contributed by atoms with Gasteiger partial charge in [-0.25, -0.2) is 8.42 Å². The Hall–Kier alpha value is -2.46. The van der Waals surface area contributed by atoms with E-state index in [2.05, 4.69) is 41.1 Å². The van der Waals surface area contributed by atoms with Crippen molar-refractivity contribution in [2.45, 2.75) is 48.9 Å². The molecule has 1 heterocycles. The van der Waals surface area contributed by atoms with Crippen molar-refractivity contribution in [3.63, 3.8) is 0 Å². The third-order valence-corrected chi connectivity index (χ3v) is 7.58. The predicted octanol–water partition coefficient (Wildman–Crippen LogP) is 5.10. The topological polar surface area (TPSA) is 68.1 Å². The van der Waals surface area contributed by atoms with Gasteiger partial charge in [0.2, 0.25) is 9.84 Å². The summed E-state index contributed by atoms with van der Waals surface area (Å²) in [6, 6.07) is 13.8. The van der Waals surface area contributed by atoms with Crippen molar-refractivity contribution in [3.8, 4) is 11.4 Å². The van der Waals surface area contributed by atoms with Gasteiger partial charge in [0, 0.05) is 36.6 Å². The van der Waals surface area contributed by atoms with E-state index in [1.165, 1.54) is 23.9 Å². The van der Waals surface area contributed by atoms with Crippen LogP contribution in [0.25, 0.3) is 11.4 Å². The van der Waals surface area contributed by atoms with Crippen LogP contribution in [0.3, 0.4) is 0 Å². The van der Waals surface area contributed by atoms with E-state index in [0.29, 0.717) is 12.3 Å². The molecule has 0 bridgehead atoms. The van der Waals surface area contributed by atoms with Gasteiger partial charge in [-0.2, -0.15) is 8.78 Å². The molecule has 0 N–H and O–H groups in total. The van der Waals surface area contributed by atoms with Gasteiger partial charge in [-0.15, -0.1) is 10.2 Å². The Bertz CT molecular complexity index is 1130. The van der Waals surface area contributed by atoms with Gasteiger partial charge in [0.1, 0.15) is 0 Å². The summed E-state index contributed by atoms with van der Waals surface area (Å²) in [7, 11) is -4.58. The average molecular weight is 481 g/mol. The van der Waals surface area contributed by atoms with Crippen LogP contribution in [-0.4, -0.2) is 42.0 Å². The highest BCUT2D eigenvalue weighted by Gasteiger charge is 2.26. The fourth-order valence-electron chi connectivity index (χ4n) is 3.33. The zero-order valence-electron chi connectivity index (χ0n) is 18.2. The van der Waals surface area contributed by atoms with Gasteiger partial charge in [0.05, 0.1) is 4.90 Å². The molecule has 172 valence electrons. The molecular weight excluding hydrogens is 454 g/mol. The van der Waals surface area contributed by atoms with E-state index in [-0.39, 0.29) is 4.90 Å². The normalized spacial score (nSPS) is 11.8.